The van der Waals surface area contributed by atoms with E-state index in [4.69, 9.17) is 0 Å². The zero-order valence-corrected chi connectivity index (χ0v) is 10.7. The van der Waals surface area contributed by atoms with Gasteiger partial charge in [0.2, 0.25) is 0 Å². The lowest BCUT2D eigenvalue weighted by Crippen LogP contribution is -2.31. The van der Waals surface area contributed by atoms with Gasteiger partial charge in [0, 0.05) is 18.4 Å². The molecule has 0 aliphatic carbocycles. The standard InChI is InChI=1S/C9H13BrN2OS/c1-3-12(5-4-10)9(13)8-6-11-7(2)14-8/h6H,3-5H2,1-2H3. The highest BCUT2D eigenvalue weighted by Crippen LogP contribution is 2.14. The third-order valence-electron chi connectivity index (χ3n) is 1.86. The highest BCUT2D eigenvalue weighted by Gasteiger charge is 2.15. The van der Waals surface area contributed by atoms with E-state index in [9.17, 15) is 4.79 Å². The quantitative estimate of drug-likeness (QED) is 0.791. The van der Waals surface area contributed by atoms with Crippen LogP contribution in [0.5, 0.6) is 0 Å². The molecule has 0 unspecified atom stereocenters. The molecule has 1 aromatic heterocycles. The van der Waals surface area contributed by atoms with Crippen molar-refractivity contribution in [1.82, 2.24) is 9.88 Å². The topological polar surface area (TPSA) is 33.2 Å². The number of amides is 1. The van der Waals surface area contributed by atoms with Gasteiger partial charge in [-0.1, -0.05) is 15.9 Å². The third kappa shape index (κ3) is 2.78. The van der Waals surface area contributed by atoms with Crippen LogP contribution in [0.25, 0.3) is 0 Å². The number of hydrogen-bond donors (Lipinski definition) is 0. The van der Waals surface area contributed by atoms with Crippen LogP contribution in [0.3, 0.4) is 0 Å². The molecule has 1 rings (SSSR count). The monoisotopic (exact) mass is 276 g/mol. The average Bonchev–Trinajstić information content (AvgIpc) is 2.60. The molecule has 0 saturated carbocycles. The first-order valence-electron chi connectivity index (χ1n) is 4.46. The molecule has 3 nitrogen and oxygen atoms in total. The highest BCUT2D eigenvalue weighted by atomic mass is 79.9. The van der Waals surface area contributed by atoms with Gasteiger partial charge in [-0.3, -0.25) is 4.79 Å². The smallest absolute Gasteiger partial charge is 0.265 e. The van der Waals surface area contributed by atoms with E-state index in [-0.39, 0.29) is 5.91 Å². The van der Waals surface area contributed by atoms with E-state index in [0.29, 0.717) is 0 Å². The Morgan fingerprint density at radius 1 is 1.71 bits per heavy atom. The van der Waals surface area contributed by atoms with Crippen molar-refractivity contribution in [2.75, 3.05) is 18.4 Å². The number of alkyl halides is 1. The van der Waals surface area contributed by atoms with Crippen LogP contribution in [0.2, 0.25) is 0 Å². The van der Waals surface area contributed by atoms with Crippen molar-refractivity contribution in [3.8, 4) is 0 Å². The number of aromatic nitrogens is 1. The molecule has 5 heteroatoms. The molecule has 0 N–H and O–H groups in total. The molecule has 0 radical (unpaired) electrons. The minimum Gasteiger partial charge on any atom is -0.337 e. The average molecular weight is 277 g/mol. The first kappa shape index (κ1) is 11.7. The molecule has 0 aromatic carbocycles. The van der Waals surface area contributed by atoms with Crippen LogP contribution in [0, 0.1) is 6.92 Å². The molecule has 0 aliphatic rings. The van der Waals surface area contributed by atoms with Gasteiger partial charge < -0.3 is 4.90 Å². The van der Waals surface area contributed by atoms with Crippen molar-refractivity contribution in [2.24, 2.45) is 0 Å². The summed E-state index contributed by atoms with van der Waals surface area (Å²) in [6.07, 6.45) is 1.65. The summed E-state index contributed by atoms with van der Waals surface area (Å²) < 4.78 is 0. The Balaban J connectivity index is 2.72. The van der Waals surface area contributed by atoms with Gasteiger partial charge in [0.05, 0.1) is 11.2 Å². The molecule has 0 spiro atoms. The highest BCUT2D eigenvalue weighted by molar-refractivity contribution is 9.09. The Morgan fingerprint density at radius 3 is 2.86 bits per heavy atom. The predicted octanol–water partition coefficient (Wildman–Crippen LogP) is 2.31. The Bertz CT molecular complexity index is 314. The third-order valence-corrected chi connectivity index (χ3v) is 3.11. The van der Waals surface area contributed by atoms with E-state index in [0.717, 1.165) is 28.3 Å². The molecule has 0 bridgehead atoms. The summed E-state index contributed by atoms with van der Waals surface area (Å²) in [4.78, 5) is 18.5. The Labute approximate surface area is 96.3 Å². The number of rotatable bonds is 4. The number of carbonyl (C=O) groups is 1. The van der Waals surface area contributed by atoms with E-state index in [1.165, 1.54) is 11.3 Å². The second-order valence-electron chi connectivity index (χ2n) is 2.82. The largest absolute Gasteiger partial charge is 0.337 e. The van der Waals surface area contributed by atoms with Crippen molar-refractivity contribution in [2.45, 2.75) is 13.8 Å². The summed E-state index contributed by atoms with van der Waals surface area (Å²) in [7, 11) is 0. The van der Waals surface area contributed by atoms with Crippen molar-refractivity contribution >= 4 is 33.2 Å². The molecular weight excluding hydrogens is 264 g/mol. The lowest BCUT2D eigenvalue weighted by molar-refractivity contribution is 0.0779. The lowest BCUT2D eigenvalue weighted by Gasteiger charge is -2.18. The van der Waals surface area contributed by atoms with Gasteiger partial charge in [-0.2, -0.15) is 0 Å². The van der Waals surface area contributed by atoms with Crippen molar-refractivity contribution in [1.29, 1.82) is 0 Å². The maximum absolute atomic E-state index is 11.9. The molecule has 1 heterocycles. The summed E-state index contributed by atoms with van der Waals surface area (Å²) in [5.74, 6) is 0.0811. The van der Waals surface area contributed by atoms with Crippen molar-refractivity contribution < 1.29 is 4.79 Å². The molecule has 0 saturated heterocycles. The minimum atomic E-state index is 0.0811. The second-order valence-corrected chi connectivity index (χ2v) is 4.85. The zero-order valence-electron chi connectivity index (χ0n) is 8.29. The zero-order chi connectivity index (χ0) is 10.6. The van der Waals surface area contributed by atoms with E-state index >= 15 is 0 Å². The molecule has 1 amide bonds. The normalized spacial score (nSPS) is 10.2. The number of nitrogens with zero attached hydrogens (tertiary/aromatic N) is 2. The van der Waals surface area contributed by atoms with Gasteiger partial charge >= 0.3 is 0 Å². The van der Waals surface area contributed by atoms with Gasteiger partial charge in [-0.05, 0) is 13.8 Å². The van der Waals surface area contributed by atoms with E-state index in [1.807, 2.05) is 18.7 Å². The van der Waals surface area contributed by atoms with Crippen LogP contribution in [-0.2, 0) is 0 Å². The molecule has 0 aliphatic heterocycles. The maximum Gasteiger partial charge on any atom is 0.265 e. The van der Waals surface area contributed by atoms with Crippen LogP contribution in [0.1, 0.15) is 21.6 Å². The molecule has 14 heavy (non-hydrogen) atoms. The van der Waals surface area contributed by atoms with Crippen LogP contribution >= 0.6 is 27.3 Å². The summed E-state index contributed by atoms with van der Waals surface area (Å²) in [6.45, 7) is 5.37. The summed E-state index contributed by atoms with van der Waals surface area (Å²) in [6, 6.07) is 0. The van der Waals surface area contributed by atoms with Crippen LogP contribution in [-0.4, -0.2) is 34.2 Å². The minimum absolute atomic E-state index is 0.0811. The first-order valence-corrected chi connectivity index (χ1v) is 6.40. The van der Waals surface area contributed by atoms with Gasteiger partial charge in [0.1, 0.15) is 4.88 Å². The molecule has 78 valence electrons. The van der Waals surface area contributed by atoms with E-state index in [1.54, 1.807) is 6.20 Å². The fourth-order valence-corrected chi connectivity index (χ4v) is 2.29. The molecular formula is C9H13BrN2OS. The SMILES string of the molecule is CCN(CCBr)C(=O)c1cnc(C)s1. The summed E-state index contributed by atoms with van der Waals surface area (Å²) in [5.41, 5.74) is 0. The van der Waals surface area contributed by atoms with Crippen molar-refractivity contribution in [3.05, 3.63) is 16.1 Å². The van der Waals surface area contributed by atoms with Crippen molar-refractivity contribution in [3.63, 3.8) is 0 Å². The molecule has 0 fully saturated rings. The second kappa shape index (κ2) is 5.46. The molecule has 0 atom stereocenters. The molecule has 1 aromatic rings. The predicted molar refractivity (Wildman–Crippen MR) is 62.2 cm³/mol. The number of carbonyl (C=O) groups excluding carboxylic acids is 1. The van der Waals surface area contributed by atoms with Gasteiger partial charge in [0.15, 0.2) is 0 Å². The Hall–Kier alpha value is -0.420. The van der Waals surface area contributed by atoms with E-state index < -0.39 is 0 Å². The van der Waals surface area contributed by atoms with Crippen LogP contribution < -0.4 is 0 Å². The summed E-state index contributed by atoms with van der Waals surface area (Å²) >= 11 is 4.78. The Kier molecular flexibility index (Phi) is 4.54. The van der Waals surface area contributed by atoms with Gasteiger partial charge in [-0.25, -0.2) is 4.98 Å². The fourth-order valence-electron chi connectivity index (χ4n) is 1.12. The number of aryl methyl sites for hydroxylation is 1. The van der Waals surface area contributed by atoms with Crippen LogP contribution in [0.4, 0.5) is 0 Å². The number of hydrogen-bond acceptors (Lipinski definition) is 3. The van der Waals surface area contributed by atoms with Gasteiger partial charge in [-0.15, -0.1) is 11.3 Å². The fraction of sp³-hybridized carbons (Fsp3) is 0.556. The van der Waals surface area contributed by atoms with Gasteiger partial charge in [0.25, 0.3) is 5.91 Å². The number of thiazole rings is 1. The van der Waals surface area contributed by atoms with E-state index in [2.05, 4.69) is 20.9 Å². The summed E-state index contributed by atoms with van der Waals surface area (Å²) in [5, 5.41) is 1.74. The lowest BCUT2D eigenvalue weighted by atomic mass is 10.4. The maximum atomic E-state index is 11.9. The first-order chi connectivity index (χ1) is 6.69. The van der Waals surface area contributed by atoms with Crippen LogP contribution in [0.15, 0.2) is 6.20 Å². The Morgan fingerprint density at radius 2 is 2.43 bits per heavy atom. The number of halogens is 1.